The molecule has 1 N–H and O–H groups in total. The largest absolute Gasteiger partial charge is 0.488 e. The van der Waals surface area contributed by atoms with Gasteiger partial charge in [-0.3, -0.25) is 4.79 Å². The zero-order valence-corrected chi connectivity index (χ0v) is 17.9. The van der Waals surface area contributed by atoms with Crippen molar-refractivity contribution in [1.82, 2.24) is 9.62 Å². The summed E-state index contributed by atoms with van der Waals surface area (Å²) in [4.78, 5) is 12.7. The lowest BCUT2D eigenvalue weighted by atomic mass is 10.1. The first-order valence-corrected chi connectivity index (χ1v) is 11.2. The van der Waals surface area contributed by atoms with Gasteiger partial charge < -0.3 is 10.1 Å². The molecule has 0 radical (unpaired) electrons. The van der Waals surface area contributed by atoms with Crippen LogP contribution in [0.15, 0.2) is 52.9 Å². The van der Waals surface area contributed by atoms with E-state index in [1.54, 1.807) is 62.4 Å². The molecule has 154 valence electrons. The number of nitrogens with one attached hydrogen (secondary N) is 1. The number of hydrogen-bond acceptors (Lipinski definition) is 4. The quantitative estimate of drug-likeness (QED) is 0.724. The lowest BCUT2D eigenvalue weighted by molar-refractivity contribution is -0.117. The predicted molar refractivity (Wildman–Crippen MR) is 113 cm³/mol. The molecule has 0 atom stereocenters. The van der Waals surface area contributed by atoms with Crippen LogP contribution >= 0.6 is 11.6 Å². The van der Waals surface area contributed by atoms with Gasteiger partial charge in [0.2, 0.25) is 10.0 Å². The minimum atomic E-state index is -3.49. The Bertz CT molecular complexity index is 1030. The van der Waals surface area contributed by atoms with E-state index in [0.717, 1.165) is 11.1 Å². The molecule has 2 aromatic carbocycles. The molecule has 1 aliphatic rings. The first kappa shape index (κ1) is 21.4. The van der Waals surface area contributed by atoms with Crippen LogP contribution in [-0.4, -0.2) is 38.3 Å². The Morgan fingerprint density at radius 3 is 2.48 bits per heavy atom. The Balaban J connectivity index is 1.65. The minimum absolute atomic E-state index is 0.182. The maximum absolute atomic E-state index is 12.5. The lowest BCUT2D eigenvalue weighted by Crippen LogP contribution is -2.30. The Morgan fingerprint density at radius 1 is 1.14 bits per heavy atom. The number of benzene rings is 2. The summed E-state index contributed by atoms with van der Waals surface area (Å²) in [5.41, 5.74) is 2.07. The average molecular weight is 435 g/mol. The fraction of sp³-hybridized carbons (Fsp3) is 0.286. The van der Waals surface area contributed by atoms with E-state index >= 15 is 0 Å². The van der Waals surface area contributed by atoms with E-state index in [0.29, 0.717) is 29.4 Å². The summed E-state index contributed by atoms with van der Waals surface area (Å²) >= 11 is 6.00. The first-order valence-electron chi connectivity index (χ1n) is 9.35. The Labute approximate surface area is 176 Å². The van der Waals surface area contributed by atoms with Crippen molar-refractivity contribution in [2.75, 3.05) is 19.7 Å². The van der Waals surface area contributed by atoms with Gasteiger partial charge in [0.15, 0.2) is 0 Å². The number of halogens is 1. The molecule has 0 bridgehead atoms. The molecule has 0 saturated heterocycles. The van der Waals surface area contributed by atoms with E-state index in [9.17, 15) is 13.2 Å². The van der Waals surface area contributed by atoms with Crippen LogP contribution < -0.4 is 10.1 Å². The number of hydrogen-bond donors (Lipinski definition) is 1. The number of carbonyl (C=O) groups is 1. The van der Waals surface area contributed by atoms with Gasteiger partial charge in [0.05, 0.1) is 10.5 Å². The van der Waals surface area contributed by atoms with Crippen molar-refractivity contribution in [3.05, 3.63) is 64.2 Å². The second-order valence-corrected chi connectivity index (χ2v) is 8.93. The van der Waals surface area contributed by atoms with Gasteiger partial charge in [0.1, 0.15) is 12.4 Å². The molecule has 0 aromatic heterocycles. The highest BCUT2D eigenvalue weighted by Gasteiger charge is 2.21. The van der Waals surface area contributed by atoms with E-state index in [2.05, 4.69) is 5.32 Å². The Kier molecular flexibility index (Phi) is 6.62. The van der Waals surface area contributed by atoms with E-state index < -0.39 is 10.0 Å². The SMILES string of the molecule is CCN(CC)S(=O)(=O)c1ccc(CNC(=O)C2=Cc3cc(Cl)ccc3OC2)cc1. The summed E-state index contributed by atoms with van der Waals surface area (Å²) in [5.74, 6) is 0.450. The predicted octanol–water partition coefficient (Wildman–Crippen LogP) is 3.46. The highest BCUT2D eigenvalue weighted by Crippen LogP contribution is 2.29. The molecule has 0 aliphatic carbocycles. The van der Waals surface area contributed by atoms with Crippen LogP contribution in [0.5, 0.6) is 5.75 Å². The van der Waals surface area contributed by atoms with E-state index in [-0.39, 0.29) is 24.0 Å². The second-order valence-electron chi connectivity index (χ2n) is 6.56. The molecule has 29 heavy (non-hydrogen) atoms. The number of fused-ring (bicyclic) bond motifs is 1. The van der Waals surface area contributed by atoms with Crippen LogP contribution in [0.2, 0.25) is 5.02 Å². The Hall–Kier alpha value is -2.35. The van der Waals surface area contributed by atoms with Crippen molar-refractivity contribution in [3.8, 4) is 5.75 Å². The minimum Gasteiger partial charge on any atom is -0.488 e. The number of carbonyl (C=O) groups excluding carboxylic acids is 1. The van der Waals surface area contributed by atoms with Crippen LogP contribution in [0, 0.1) is 0 Å². The van der Waals surface area contributed by atoms with Crippen LogP contribution in [0.1, 0.15) is 25.0 Å². The van der Waals surface area contributed by atoms with Crippen molar-refractivity contribution in [2.45, 2.75) is 25.3 Å². The fourth-order valence-electron chi connectivity index (χ4n) is 3.07. The molecule has 0 fully saturated rings. The van der Waals surface area contributed by atoms with Crippen molar-refractivity contribution < 1.29 is 17.9 Å². The third kappa shape index (κ3) is 4.80. The summed E-state index contributed by atoms with van der Waals surface area (Å²) in [7, 11) is -3.49. The van der Waals surface area contributed by atoms with Crippen LogP contribution in [0.3, 0.4) is 0 Å². The number of rotatable bonds is 7. The van der Waals surface area contributed by atoms with Crippen LogP contribution in [0.25, 0.3) is 6.08 Å². The summed E-state index contributed by atoms with van der Waals surface area (Å²) in [6.07, 6.45) is 1.76. The van der Waals surface area contributed by atoms with Gasteiger partial charge in [-0.05, 0) is 42.0 Å². The first-order chi connectivity index (χ1) is 13.8. The van der Waals surface area contributed by atoms with Gasteiger partial charge in [-0.2, -0.15) is 4.31 Å². The molecular weight excluding hydrogens is 412 g/mol. The van der Waals surface area contributed by atoms with Crippen molar-refractivity contribution >= 4 is 33.6 Å². The van der Waals surface area contributed by atoms with Gasteiger partial charge in [-0.15, -0.1) is 0 Å². The van der Waals surface area contributed by atoms with E-state index in [4.69, 9.17) is 16.3 Å². The van der Waals surface area contributed by atoms with Crippen LogP contribution in [-0.2, 0) is 21.4 Å². The summed E-state index contributed by atoms with van der Waals surface area (Å²) in [6, 6.07) is 11.8. The molecule has 0 saturated carbocycles. The van der Waals surface area contributed by atoms with Gasteiger partial charge in [0, 0.05) is 30.2 Å². The van der Waals surface area contributed by atoms with E-state index in [1.165, 1.54) is 4.31 Å². The molecule has 0 unspecified atom stereocenters. The normalized spacial score (nSPS) is 13.4. The molecule has 1 aliphatic heterocycles. The third-order valence-corrected chi connectivity index (χ3v) is 7.00. The zero-order valence-electron chi connectivity index (χ0n) is 16.3. The number of amides is 1. The molecule has 0 spiro atoms. The zero-order chi connectivity index (χ0) is 21.0. The number of sulfonamides is 1. The molecule has 1 heterocycles. The maximum Gasteiger partial charge on any atom is 0.250 e. The molecule has 1 amide bonds. The molecule has 2 aromatic rings. The highest BCUT2D eigenvalue weighted by molar-refractivity contribution is 7.89. The average Bonchev–Trinajstić information content (AvgIpc) is 2.72. The van der Waals surface area contributed by atoms with Gasteiger partial charge in [0.25, 0.3) is 5.91 Å². The third-order valence-electron chi connectivity index (χ3n) is 4.70. The standard InChI is InChI=1S/C21H23ClN2O4S/c1-3-24(4-2)29(26,27)19-8-5-15(6-9-19)13-23-21(25)17-11-16-12-18(22)7-10-20(16)28-14-17/h5-12H,3-4,13-14H2,1-2H3,(H,23,25). The van der Waals surface area contributed by atoms with Crippen molar-refractivity contribution in [2.24, 2.45) is 0 Å². The van der Waals surface area contributed by atoms with Crippen molar-refractivity contribution in [3.63, 3.8) is 0 Å². The second kappa shape index (κ2) is 8.98. The van der Waals surface area contributed by atoms with Gasteiger partial charge in [-0.25, -0.2) is 8.42 Å². The summed E-state index contributed by atoms with van der Waals surface area (Å²) in [5, 5.41) is 3.41. The summed E-state index contributed by atoms with van der Waals surface area (Å²) < 4.78 is 32.1. The van der Waals surface area contributed by atoms with E-state index in [1.807, 2.05) is 0 Å². The highest BCUT2D eigenvalue weighted by atomic mass is 35.5. The lowest BCUT2D eigenvalue weighted by Gasteiger charge is -2.19. The number of ether oxygens (including phenoxy) is 1. The Morgan fingerprint density at radius 2 is 1.83 bits per heavy atom. The monoisotopic (exact) mass is 434 g/mol. The molecular formula is C21H23ClN2O4S. The molecule has 3 rings (SSSR count). The van der Waals surface area contributed by atoms with Gasteiger partial charge in [-0.1, -0.05) is 37.6 Å². The topological polar surface area (TPSA) is 75.7 Å². The fourth-order valence-corrected chi connectivity index (χ4v) is 4.71. The molecule has 6 nitrogen and oxygen atoms in total. The van der Waals surface area contributed by atoms with Gasteiger partial charge >= 0.3 is 0 Å². The van der Waals surface area contributed by atoms with Crippen molar-refractivity contribution in [1.29, 1.82) is 0 Å². The molecule has 8 heteroatoms. The summed E-state index contributed by atoms with van der Waals surface area (Å²) in [6.45, 7) is 4.91. The smallest absolute Gasteiger partial charge is 0.250 e. The number of nitrogens with zero attached hydrogens (tertiary/aromatic N) is 1. The maximum atomic E-state index is 12.5. The van der Waals surface area contributed by atoms with Crippen LogP contribution in [0.4, 0.5) is 0 Å².